The number of aromatic nitrogens is 1. The van der Waals surface area contributed by atoms with Gasteiger partial charge in [0.25, 0.3) is 0 Å². The van der Waals surface area contributed by atoms with Gasteiger partial charge in [-0.3, -0.25) is 0 Å². The summed E-state index contributed by atoms with van der Waals surface area (Å²) in [5, 5.41) is 9.34. The van der Waals surface area contributed by atoms with E-state index in [2.05, 4.69) is 33.8 Å². The molecule has 0 spiro atoms. The number of carbonyl (C=O) groups is 1. The summed E-state index contributed by atoms with van der Waals surface area (Å²) in [6.45, 7) is 8.90. The Bertz CT molecular complexity index is 536. The van der Waals surface area contributed by atoms with E-state index in [4.69, 9.17) is 10.5 Å². The van der Waals surface area contributed by atoms with E-state index in [0.717, 1.165) is 5.69 Å². The van der Waals surface area contributed by atoms with Crippen molar-refractivity contribution in [1.82, 2.24) is 4.57 Å². The standard InChI is InChI=1S/C15H23N3O2/c1-9(2)6-12-11(7-16)13(17)14(15(19)20-5)18(12)8-10(3)4/h9-10H,6,8,17H2,1-5H3. The molecular weight excluding hydrogens is 254 g/mol. The summed E-state index contributed by atoms with van der Waals surface area (Å²) in [5.41, 5.74) is 7.76. The average Bonchev–Trinajstić information content (AvgIpc) is 2.59. The van der Waals surface area contributed by atoms with E-state index in [1.807, 2.05) is 4.57 Å². The summed E-state index contributed by atoms with van der Waals surface area (Å²) in [6.07, 6.45) is 0.705. The van der Waals surface area contributed by atoms with Crippen LogP contribution < -0.4 is 5.73 Å². The van der Waals surface area contributed by atoms with Gasteiger partial charge in [-0.05, 0) is 18.3 Å². The zero-order valence-electron chi connectivity index (χ0n) is 12.9. The molecule has 0 aliphatic carbocycles. The van der Waals surface area contributed by atoms with Gasteiger partial charge in [-0.2, -0.15) is 5.26 Å². The Morgan fingerprint density at radius 1 is 1.35 bits per heavy atom. The second-order valence-corrected chi connectivity index (χ2v) is 5.79. The predicted octanol–water partition coefficient (Wildman–Crippen LogP) is 2.58. The highest BCUT2D eigenvalue weighted by Crippen LogP contribution is 2.29. The van der Waals surface area contributed by atoms with Crippen molar-refractivity contribution in [3.63, 3.8) is 0 Å². The van der Waals surface area contributed by atoms with Crippen molar-refractivity contribution in [3.05, 3.63) is 17.0 Å². The summed E-state index contributed by atoms with van der Waals surface area (Å²) in [6, 6.07) is 2.13. The molecule has 0 aliphatic rings. The second-order valence-electron chi connectivity index (χ2n) is 5.79. The van der Waals surface area contributed by atoms with Gasteiger partial charge in [0, 0.05) is 12.2 Å². The van der Waals surface area contributed by atoms with Gasteiger partial charge >= 0.3 is 5.97 Å². The molecule has 5 heteroatoms. The lowest BCUT2D eigenvalue weighted by Crippen LogP contribution is -2.17. The lowest BCUT2D eigenvalue weighted by Gasteiger charge is -2.16. The van der Waals surface area contributed by atoms with E-state index in [9.17, 15) is 10.1 Å². The fraction of sp³-hybridized carbons (Fsp3) is 0.600. The molecule has 1 heterocycles. The third kappa shape index (κ3) is 3.13. The van der Waals surface area contributed by atoms with E-state index in [0.29, 0.717) is 36.1 Å². The van der Waals surface area contributed by atoms with E-state index in [-0.39, 0.29) is 5.69 Å². The molecule has 0 amide bonds. The first-order valence-corrected chi connectivity index (χ1v) is 6.82. The van der Waals surface area contributed by atoms with Crippen LogP contribution in [-0.4, -0.2) is 17.6 Å². The number of hydrogen-bond acceptors (Lipinski definition) is 4. The molecule has 1 rings (SSSR count). The third-order valence-electron chi connectivity index (χ3n) is 3.05. The highest BCUT2D eigenvalue weighted by Gasteiger charge is 2.26. The van der Waals surface area contributed by atoms with Crippen molar-refractivity contribution in [2.45, 2.75) is 40.7 Å². The summed E-state index contributed by atoms with van der Waals surface area (Å²) >= 11 is 0. The Balaban J connectivity index is 3.54. The number of esters is 1. The van der Waals surface area contributed by atoms with Gasteiger partial charge in [0.15, 0.2) is 5.69 Å². The zero-order valence-corrected chi connectivity index (χ0v) is 12.9. The van der Waals surface area contributed by atoms with Crippen LogP contribution in [0.4, 0.5) is 5.69 Å². The minimum absolute atomic E-state index is 0.232. The van der Waals surface area contributed by atoms with Gasteiger partial charge < -0.3 is 15.0 Å². The summed E-state index contributed by atoms with van der Waals surface area (Å²) < 4.78 is 6.66. The molecule has 0 unspecified atom stereocenters. The van der Waals surface area contributed by atoms with Crippen LogP contribution >= 0.6 is 0 Å². The number of nitriles is 1. The maximum absolute atomic E-state index is 12.0. The minimum Gasteiger partial charge on any atom is -0.464 e. The highest BCUT2D eigenvalue weighted by molar-refractivity contribution is 5.95. The number of methoxy groups -OCH3 is 1. The minimum atomic E-state index is -0.491. The van der Waals surface area contributed by atoms with E-state index < -0.39 is 5.97 Å². The lowest BCUT2D eigenvalue weighted by atomic mass is 10.0. The van der Waals surface area contributed by atoms with Crippen molar-refractivity contribution in [3.8, 4) is 6.07 Å². The highest BCUT2D eigenvalue weighted by atomic mass is 16.5. The number of hydrogen-bond donors (Lipinski definition) is 1. The first-order valence-electron chi connectivity index (χ1n) is 6.82. The molecule has 110 valence electrons. The van der Waals surface area contributed by atoms with Crippen molar-refractivity contribution in [1.29, 1.82) is 5.26 Å². The van der Waals surface area contributed by atoms with E-state index in [1.165, 1.54) is 7.11 Å². The molecule has 5 nitrogen and oxygen atoms in total. The Morgan fingerprint density at radius 2 is 1.95 bits per heavy atom. The largest absolute Gasteiger partial charge is 0.464 e. The van der Waals surface area contributed by atoms with Crippen LogP contribution in [0.3, 0.4) is 0 Å². The van der Waals surface area contributed by atoms with Crippen molar-refractivity contribution < 1.29 is 9.53 Å². The summed E-state index contributed by atoms with van der Waals surface area (Å²) in [4.78, 5) is 12.0. The van der Waals surface area contributed by atoms with Crippen molar-refractivity contribution in [2.24, 2.45) is 11.8 Å². The number of nitrogens with zero attached hydrogens (tertiary/aromatic N) is 2. The molecule has 0 bridgehead atoms. The Kier molecular flexibility index (Phi) is 5.20. The van der Waals surface area contributed by atoms with Crippen LogP contribution in [0.25, 0.3) is 0 Å². The van der Waals surface area contributed by atoms with Crippen LogP contribution in [0.1, 0.15) is 49.4 Å². The number of nitrogens with two attached hydrogens (primary N) is 1. The molecule has 0 aromatic carbocycles. The quantitative estimate of drug-likeness (QED) is 0.839. The number of anilines is 1. The molecule has 2 N–H and O–H groups in total. The predicted molar refractivity (Wildman–Crippen MR) is 78.3 cm³/mol. The fourth-order valence-electron chi connectivity index (χ4n) is 2.30. The van der Waals surface area contributed by atoms with Crippen LogP contribution in [0.15, 0.2) is 0 Å². The second kappa shape index (κ2) is 6.47. The molecule has 0 fully saturated rings. The number of nitrogen functional groups attached to an aromatic ring is 1. The van der Waals surface area contributed by atoms with Gasteiger partial charge in [0.1, 0.15) is 6.07 Å². The normalized spacial score (nSPS) is 10.9. The topological polar surface area (TPSA) is 81.0 Å². The molecule has 0 radical (unpaired) electrons. The zero-order chi connectivity index (χ0) is 15.4. The Labute approximate surface area is 120 Å². The smallest absolute Gasteiger partial charge is 0.356 e. The van der Waals surface area contributed by atoms with E-state index >= 15 is 0 Å². The maximum Gasteiger partial charge on any atom is 0.356 e. The molecule has 1 aromatic rings. The van der Waals surface area contributed by atoms with Gasteiger partial charge in [0.05, 0.1) is 18.4 Å². The first-order chi connectivity index (χ1) is 9.33. The lowest BCUT2D eigenvalue weighted by molar-refractivity contribution is 0.0588. The number of carbonyl (C=O) groups excluding carboxylic acids is 1. The molecule has 0 atom stereocenters. The van der Waals surface area contributed by atoms with Gasteiger partial charge in [0.2, 0.25) is 0 Å². The van der Waals surface area contributed by atoms with Crippen LogP contribution in [0.5, 0.6) is 0 Å². The maximum atomic E-state index is 12.0. The molecular formula is C15H23N3O2. The fourth-order valence-corrected chi connectivity index (χ4v) is 2.30. The monoisotopic (exact) mass is 277 g/mol. The number of rotatable bonds is 5. The number of ether oxygens (including phenoxy) is 1. The van der Waals surface area contributed by atoms with Crippen LogP contribution in [0, 0.1) is 23.2 Å². The van der Waals surface area contributed by atoms with Gasteiger partial charge in [-0.25, -0.2) is 4.79 Å². The first kappa shape index (κ1) is 16.1. The van der Waals surface area contributed by atoms with Crippen LogP contribution in [-0.2, 0) is 17.7 Å². The van der Waals surface area contributed by atoms with Crippen molar-refractivity contribution >= 4 is 11.7 Å². The Morgan fingerprint density at radius 3 is 2.35 bits per heavy atom. The molecule has 1 aromatic heterocycles. The summed E-state index contributed by atoms with van der Waals surface area (Å²) in [7, 11) is 1.32. The Hall–Kier alpha value is -1.96. The molecule has 0 saturated heterocycles. The SMILES string of the molecule is COC(=O)c1c(N)c(C#N)c(CC(C)C)n1CC(C)C. The third-order valence-corrected chi connectivity index (χ3v) is 3.05. The summed E-state index contributed by atoms with van der Waals surface area (Å²) in [5.74, 6) is 0.213. The molecule has 0 saturated carbocycles. The van der Waals surface area contributed by atoms with Gasteiger partial charge in [-0.1, -0.05) is 27.7 Å². The molecule has 20 heavy (non-hydrogen) atoms. The average molecular weight is 277 g/mol. The van der Waals surface area contributed by atoms with Crippen LogP contribution in [0.2, 0.25) is 0 Å². The van der Waals surface area contributed by atoms with Gasteiger partial charge in [-0.15, -0.1) is 0 Å². The molecule has 0 aliphatic heterocycles. The van der Waals surface area contributed by atoms with Crippen molar-refractivity contribution in [2.75, 3.05) is 12.8 Å². The van der Waals surface area contributed by atoms with E-state index in [1.54, 1.807) is 0 Å².